The van der Waals surface area contributed by atoms with E-state index in [2.05, 4.69) is 10.00 Å². The number of rotatable bonds is 5. The van der Waals surface area contributed by atoms with E-state index in [0.29, 0.717) is 30.1 Å². The van der Waals surface area contributed by atoms with E-state index in [-0.39, 0.29) is 40.4 Å². The van der Waals surface area contributed by atoms with Gasteiger partial charge in [0.05, 0.1) is 0 Å². The van der Waals surface area contributed by atoms with Crippen molar-refractivity contribution in [2.75, 3.05) is 33.2 Å². The van der Waals surface area contributed by atoms with Crippen LogP contribution in [0.5, 0.6) is 11.5 Å². The van der Waals surface area contributed by atoms with Gasteiger partial charge in [0.2, 0.25) is 5.91 Å². The SMILES string of the molecule is CN1CCN(C(=O)CC(c2c(O)cc(O)c3c(=O)cc(-c4ccccc4)oc23)c2ccnn2C)CC1. The van der Waals surface area contributed by atoms with Crippen molar-refractivity contribution in [2.24, 2.45) is 7.05 Å². The van der Waals surface area contributed by atoms with Crippen molar-refractivity contribution in [1.82, 2.24) is 19.6 Å². The average molecular weight is 489 g/mol. The first-order valence-electron chi connectivity index (χ1n) is 11.9. The molecule has 5 rings (SSSR count). The van der Waals surface area contributed by atoms with Crippen LogP contribution in [0, 0.1) is 0 Å². The Bertz CT molecular complexity index is 1470. The summed E-state index contributed by atoms with van der Waals surface area (Å²) in [7, 11) is 3.78. The van der Waals surface area contributed by atoms with Crippen LogP contribution in [-0.4, -0.2) is 68.9 Å². The Balaban J connectivity index is 1.69. The Morgan fingerprint density at radius 3 is 2.42 bits per heavy atom. The minimum atomic E-state index is -0.665. The quantitative estimate of drug-likeness (QED) is 0.444. The van der Waals surface area contributed by atoms with Crippen LogP contribution in [0.3, 0.4) is 0 Å². The molecule has 9 heteroatoms. The molecule has 2 aromatic carbocycles. The number of amides is 1. The number of nitrogens with zero attached hydrogens (tertiary/aromatic N) is 4. The molecule has 1 aliphatic heterocycles. The molecule has 0 aliphatic carbocycles. The number of phenols is 2. The van der Waals surface area contributed by atoms with Gasteiger partial charge in [0.1, 0.15) is 28.2 Å². The van der Waals surface area contributed by atoms with Crippen molar-refractivity contribution in [2.45, 2.75) is 12.3 Å². The maximum atomic E-state index is 13.4. The number of phenolic OH excluding ortho intramolecular Hbond substituents is 2. The van der Waals surface area contributed by atoms with E-state index in [9.17, 15) is 19.8 Å². The Hall–Kier alpha value is -4.11. The summed E-state index contributed by atoms with van der Waals surface area (Å²) in [6.45, 7) is 2.79. The highest BCUT2D eigenvalue weighted by molar-refractivity contribution is 5.91. The van der Waals surface area contributed by atoms with E-state index in [4.69, 9.17) is 4.42 Å². The van der Waals surface area contributed by atoms with E-state index in [1.807, 2.05) is 42.3 Å². The second-order valence-electron chi connectivity index (χ2n) is 9.19. The summed E-state index contributed by atoms with van der Waals surface area (Å²) in [6, 6.07) is 13.4. The van der Waals surface area contributed by atoms with Crippen molar-refractivity contribution in [3.05, 3.63) is 76.2 Å². The molecule has 1 atom stereocenters. The minimum absolute atomic E-state index is 0.0377. The summed E-state index contributed by atoms with van der Waals surface area (Å²) in [4.78, 5) is 30.5. The molecule has 3 heterocycles. The summed E-state index contributed by atoms with van der Waals surface area (Å²) in [5.74, 6) is -1.08. The predicted molar refractivity (Wildman–Crippen MR) is 135 cm³/mol. The normalized spacial score (nSPS) is 15.3. The van der Waals surface area contributed by atoms with Gasteiger partial charge in [-0.15, -0.1) is 0 Å². The minimum Gasteiger partial charge on any atom is -0.507 e. The molecule has 1 amide bonds. The molecule has 36 heavy (non-hydrogen) atoms. The average Bonchev–Trinajstić information content (AvgIpc) is 3.29. The lowest BCUT2D eigenvalue weighted by Gasteiger charge is -2.33. The van der Waals surface area contributed by atoms with Gasteiger partial charge in [0, 0.05) is 80.7 Å². The fourth-order valence-electron chi connectivity index (χ4n) is 4.84. The first-order chi connectivity index (χ1) is 17.3. The van der Waals surface area contributed by atoms with Gasteiger partial charge >= 0.3 is 0 Å². The molecule has 1 aliphatic rings. The molecule has 1 fully saturated rings. The highest BCUT2D eigenvalue weighted by atomic mass is 16.3. The third kappa shape index (κ3) is 4.33. The summed E-state index contributed by atoms with van der Waals surface area (Å²) < 4.78 is 7.84. The predicted octanol–water partition coefficient (Wildman–Crippen LogP) is 2.90. The second kappa shape index (κ2) is 9.50. The van der Waals surface area contributed by atoms with Gasteiger partial charge in [-0.3, -0.25) is 14.3 Å². The first-order valence-corrected chi connectivity index (χ1v) is 11.9. The smallest absolute Gasteiger partial charge is 0.223 e. The van der Waals surface area contributed by atoms with E-state index >= 15 is 0 Å². The maximum Gasteiger partial charge on any atom is 0.223 e. The standard InChI is InChI=1S/C27H28N4O5/c1-29-10-12-31(13-11-29)24(35)14-18(19-8-9-28-30(19)2)25-20(32)15-21(33)26-22(34)16-23(36-27(25)26)17-6-4-3-5-7-17/h3-9,15-16,18,32-33H,10-14H2,1-2H3. The van der Waals surface area contributed by atoms with E-state index in [1.54, 1.807) is 24.0 Å². The molecule has 2 N–H and O–H groups in total. The number of piperazine rings is 1. The highest BCUT2D eigenvalue weighted by Gasteiger charge is 2.31. The van der Waals surface area contributed by atoms with Crippen molar-refractivity contribution >= 4 is 16.9 Å². The van der Waals surface area contributed by atoms with Gasteiger partial charge in [-0.1, -0.05) is 30.3 Å². The fourth-order valence-corrected chi connectivity index (χ4v) is 4.84. The third-order valence-electron chi connectivity index (χ3n) is 6.86. The lowest BCUT2D eigenvalue weighted by molar-refractivity contribution is -0.133. The summed E-state index contributed by atoms with van der Waals surface area (Å²) in [5.41, 5.74) is 1.23. The van der Waals surface area contributed by atoms with E-state index < -0.39 is 11.3 Å². The summed E-state index contributed by atoms with van der Waals surface area (Å²) >= 11 is 0. The molecule has 2 aromatic heterocycles. The number of hydrogen-bond donors (Lipinski definition) is 2. The Morgan fingerprint density at radius 1 is 1.03 bits per heavy atom. The topological polar surface area (TPSA) is 112 Å². The largest absolute Gasteiger partial charge is 0.507 e. The highest BCUT2D eigenvalue weighted by Crippen LogP contribution is 2.43. The summed E-state index contributed by atoms with van der Waals surface area (Å²) in [5, 5.41) is 25.9. The number of carbonyl (C=O) groups is 1. The molecule has 0 spiro atoms. The number of likely N-dealkylation sites (N-methyl/N-ethyl adjacent to an activating group) is 1. The molecule has 0 radical (unpaired) electrons. The molecule has 186 valence electrons. The van der Waals surface area contributed by atoms with Gasteiger partial charge in [-0.05, 0) is 13.1 Å². The molecular weight excluding hydrogens is 460 g/mol. The maximum absolute atomic E-state index is 13.4. The fraction of sp³-hybridized carbons (Fsp3) is 0.296. The molecule has 1 unspecified atom stereocenters. The molecular formula is C27H28N4O5. The number of aromatic nitrogens is 2. The van der Waals surface area contributed by atoms with Crippen LogP contribution in [0.25, 0.3) is 22.3 Å². The van der Waals surface area contributed by atoms with Gasteiger partial charge in [0.25, 0.3) is 0 Å². The number of carbonyl (C=O) groups excluding carboxylic acids is 1. The number of fused-ring (bicyclic) bond motifs is 1. The lowest BCUT2D eigenvalue weighted by Crippen LogP contribution is -2.47. The molecule has 1 saturated heterocycles. The van der Waals surface area contributed by atoms with Crippen LogP contribution < -0.4 is 5.43 Å². The van der Waals surface area contributed by atoms with Crippen LogP contribution in [-0.2, 0) is 11.8 Å². The van der Waals surface area contributed by atoms with Gasteiger partial charge in [0.15, 0.2) is 5.43 Å². The number of aryl methyl sites for hydroxylation is 1. The first kappa shape index (κ1) is 23.6. The van der Waals surface area contributed by atoms with Gasteiger partial charge in [-0.2, -0.15) is 5.10 Å². The van der Waals surface area contributed by atoms with Crippen molar-refractivity contribution in [3.63, 3.8) is 0 Å². The van der Waals surface area contributed by atoms with E-state index in [1.165, 1.54) is 6.07 Å². The van der Waals surface area contributed by atoms with Crippen LogP contribution in [0.15, 0.2) is 63.9 Å². The van der Waals surface area contributed by atoms with Crippen molar-refractivity contribution < 1.29 is 19.4 Å². The van der Waals surface area contributed by atoms with E-state index in [0.717, 1.165) is 19.2 Å². The van der Waals surface area contributed by atoms with Crippen LogP contribution in [0.2, 0.25) is 0 Å². The zero-order valence-corrected chi connectivity index (χ0v) is 20.2. The molecule has 4 aromatic rings. The zero-order chi connectivity index (χ0) is 25.4. The van der Waals surface area contributed by atoms with Gasteiger partial charge in [-0.25, -0.2) is 0 Å². The Kier molecular flexibility index (Phi) is 6.24. The Morgan fingerprint density at radius 2 is 1.75 bits per heavy atom. The number of aromatic hydroxyl groups is 2. The second-order valence-corrected chi connectivity index (χ2v) is 9.19. The van der Waals surface area contributed by atoms with Crippen LogP contribution >= 0.6 is 0 Å². The summed E-state index contributed by atoms with van der Waals surface area (Å²) in [6.07, 6.45) is 1.66. The number of benzene rings is 2. The molecule has 9 nitrogen and oxygen atoms in total. The number of hydrogen-bond acceptors (Lipinski definition) is 7. The lowest BCUT2D eigenvalue weighted by atomic mass is 9.89. The van der Waals surface area contributed by atoms with Gasteiger partial charge < -0.3 is 24.4 Å². The van der Waals surface area contributed by atoms with Crippen molar-refractivity contribution in [3.8, 4) is 22.8 Å². The molecule has 0 bridgehead atoms. The Labute approximate surface area is 207 Å². The molecule has 0 saturated carbocycles. The van der Waals surface area contributed by atoms with Crippen molar-refractivity contribution in [1.29, 1.82) is 0 Å². The van der Waals surface area contributed by atoms with Crippen LogP contribution in [0.4, 0.5) is 0 Å². The monoisotopic (exact) mass is 488 g/mol. The van der Waals surface area contributed by atoms with Crippen LogP contribution in [0.1, 0.15) is 23.6 Å². The third-order valence-corrected chi connectivity index (χ3v) is 6.86. The zero-order valence-electron chi connectivity index (χ0n) is 20.2.